The lowest BCUT2D eigenvalue weighted by atomic mass is 10.0. The summed E-state index contributed by atoms with van der Waals surface area (Å²) in [6.07, 6.45) is 3.51. The molecule has 1 atom stereocenters. The van der Waals surface area contributed by atoms with Gasteiger partial charge in [-0.3, -0.25) is 4.79 Å². The van der Waals surface area contributed by atoms with Crippen LogP contribution in [-0.2, 0) is 16.9 Å². The minimum Gasteiger partial charge on any atom is -0.490 e. The fourth-order valence-corrected chi connectivity index (χ4v) is 5.68. The van der Waals surface area contributed by atoms with Crippen LogP contribution in [0, 0.1) is 0 Å². The first-order valence-electron chi connectivity index (χ1n) is 9.90. The molecule has 0 spiro atoms. The zero-order valence-electron chi connectivity index (χ0n) is 17.2. The topological polar surface area (TPSA) is 122 Å². The van der Waals surface area contributed by atoms with Gasteiger partial charge in [0, 0.05) is 48.1 Å². The van der Waals surface area contributed by atoms with Crippen molar-refractivity contribution in [2.24, 2.45) is 7.05 Å². The molecule has 1 saturated heterocycles. The number of aryl methyl sites for hydroxylation is 1. The average Bonchev–Trinajstić information content (AvgIpc) is 3.20. The van der Waals surface area contributed by atoms with E-state index in [1.54, 1.807) is 44.6 Å². The first kappa shape index (κ1) is 21.9. The number of nitrogens with one attached hydrogen (secondary N) is 1. The van der Waals surface area contributed by atoms with Gasteiger partial charge in [0.15, 0.2) is 9.84 Å². The van der Waals surface area contributed by atoms with Crippen molar-refractivity contribution in [1.82, 2.24) is 9.55 Å². The number of rotatable bonds is 5. The summed E-state index contributed by atoms with van der Waals surface area (Å²) in [4.78, 5) is 15.6. The van der Waals surface area contributed by atoms with Crippen LogP contribution in [0.1, 0.15) is 19.8 Å². The van der Waals surface area contributed by atoms with Crippen molar-refractivity contribution in [3.63, 3.8) is 0 Å². The summed E-state index contributed by atoms with van der Waals surface area (Å²) < 4.78 is 32.6. The zero-order chi connectivity index (χ0) is 22.4. The monoisotopic (exact) mass is 464 g/mol. The largest absolute Gasteiger partial charge is 0.490 e. The lowest BCUT2D eigenvalue weighted by Gasteiger charge is -2.32. The number of hydrogen-bond acceptors (Lipinski definition) is 7. The molecule has 3 N–H and O–H groups in total. The maximum absolute atomic E-state index is 12.5. The van der Waals surface area contributed by atoms with Crippen LogP contribution in [0.4, 0.5) is 0 Å². The number of pyridine rings is 1. The highest BCUT2D eigenvalue weighted by atomic mass is 32.2. The molecule has 0 saturated carbocycles. The fraction of sp³-hybridized carbons (Fsp3) is 0.381. The van der Waals surface area contributed by atoms with Crippen LogP contribution in [0.25, 0.3) is 22.0 Å². The van der Waals surface area contributed by atoms with Crippen LogP contribution in [0.3, 0.4) is 0 Å². The second kappa shape index (κ2) is 8.01. The van der Waals surface area contributed by atoms with Gasteiger partial charge in [-0.25, -0.2) is 8.42 Å². The van der Waals surface area contributed by atoms with Gasteiger partial charge in [-0.15, -0.1) is 0 Å². The van der Waals surface area contributed by atoms with Crippen LogP contribution in [0.5, 0.6) is 5.75 Å². The number of hydrogen-bond donors (Lipinski definition) is 3. The average molecular weight is 465 g/mol. The summed E-state index contributed by atoms with van der Waals surface area (Å²) in [5.41, 5.74) is 1.38. The quantitative estimate of drug-likeness (QED) is 0.495. The lowest BCUT2D eigenvalue weighted by molar-refractivity contribution is -0.103. The molecule has 3 aromatic rings. The van der Waals surface area contributed by atoms with Crippen molar-refractivity contribution in [3.8, 4) is 16.9 Å². The first-order valence-corrected chi connectivity index (χ1v) is 12.5. The van der Waals surface area contributed by atoms with E-state index in [-0.39, 0.29) is 22.6 Å². The van der Waals surface area contributed by atoms with Gasteiger partial charge in [-0.2, -0.15) is 0 Å². The smallest absolute Gasteiger partial charge is 0.274 e. The molecule has 8 nitrogen and oxygen atoms in total. The van der Waals surface area contributed by atoms with Gasteiger partial charge >= 0.3 is 0 Å². The van der Waals surface area contributed by atoms with Crippen LogP contribution >= 0.6 is 11.8 Å². The molecule has 1 aromatic carbocycles. The maximum Gasteiger partial charge on any atom is 0.274 e. The van der Waals surface area contributed by atoms with Gasteiger partial charge < -0.3 is 24.5 Å². The molecule has 166 valence electrons. The molecular formula is C21H24N2O6S2. The highest BCUT2D eigenvalue weighted by Crippen LogP contribution is 2.39. The zero-order valence-corrected chi connectivity index (χ0v) is 18.8. The molecule has 4 rings (SSSR count). The van der Waals surface area contributed by atoms with E-state index >= 15 is 0 Å². The van der Waals surface area contributed by atoms with Gasteiger partial charge in [-0.1, -0.05) is 18.7 Å². The molecule has 1 unspecified atom stereocenters. The van der Waals surface area contributed by atoms with E-state index < -0.39 is 21.1 Å². The molecule has 0 radical (unpaired) electrons. The van der Waals surface area contributed by atoms with Gasteiger partial charge in [0.2, 0.25) is 5.12 Å². The number of aromatic amines is 1. The van der Waals surface area contributed by atoms with Crippen molar-refractivity contribution in [1.29, 1.82) is 0 Å². The molecule has 1 fully saturated rings. The number of fused-ring (bicyclic) bond motifs is 1. The number of aliphatic hydroxyl groups is 2. The molecule has 31 heavy (non-hydrogen) atoms. The molecule has 0 aliphatic carbocycles. The SMILES string of the molecule is CCS(=O)(=O)c1ccc(OC2CCSC(O)(O)C2)c(-c2cn(C)c(=O)c3[nH]ccc23)c1. The number of sulfone groups is 1. The standard InChI is InChI=1S/C21H24N2O6S2/c1-3-31(27,28)14-4-5-18(29-13-7-9-30-21(25,26)11-13)16(10-14)17-12-23(2)20(24)19-15(17)6-8-22-19/h4-6,8,10,12-13,22,25-26H,3,7,9,11H2,1-2H3. The highest BCUT2D eigenvalue weighted by molar-refractivity contribution is 8.00. The van der Waals surface area contributed by atoms with Gasteiger partial charge in [0.05, 0.1) is 10.6 Å². The van der Waals surface area contributed by atoms with E-state index in [9.17, 15) is 23.4 Å². The highest BCUT2D eigenvalue weighted by Gasteiger charge is 2.34. The lowest BCUT2D eigenvalue weighted by Crippen LogP contribution is -2.37. The number of thioether (sulfide) groups is 1. The predicted octanol–water partition coefficient (Wildman–Crippen LogP) is 2.24. The number of H-pyrrole nitrogens is 1. The van der Waals surface area contributed by atoms with Crippen molar-refractivity contribution >= 4 is 32.5 Å². The third kappa shape index (κ3) is 4.25. The fourth-order valence-electron chi connectivity index (χ4n) is 3.76. The van der Waals surface area contributed by atoms with Gasteiger partial charge in [-0.05, 0) is 30.7 Å². The third-order valence-corrected chi connectivity index (χ3v) is 8.24. The molecule has 1 aliphatic rings. The molecule has 10 heteroatoms. The summed E-state index contributed by atoms with van der Waals surface area (Å²) in [6.45, 7) is 1.58. The molecular weight excluding hydrogens is 440 g/mol. The van der Waals surface area contributed by atoms with E-state index in [1.165, 1.54) is 10.6 Å². The Bertz CT molecular complexity index is 1290. The summed E-state index contributed by atoms with van der Waals surface area (Å²) >= 11 is 1.06. The Hall–Kier alpha value is -2.27. The van der Waals surface area contributed by atoms with E-state index in [2.05, 4.69) is 4.98 Å². The maximum atomic E-state index is 12.5. The number of ether oxygens (including phenoxy) is 1. The minimum atomic E-state index is -3.47. The van der Waals surface area contributed by atoms with Crippen molar-refractivity contribution in [2.75, 3.05) is 11.5 Å². The molecule has 1 aliphatic heterocycles. The Morgan fingerprint density at radius 2 is 2.06 bits per heavy atom. The number of benzene rings is 1. The third-order valence-electron chi connectivity index (χ3n) is 5.43. The van der Waals surface area contributed by atoms with E-state index in [0.717, 1.165) is 11.8 Å². The second-order valence-electron chi connectivity index (χ2n) is 7.61. The van der Waals surface area contributed by atoms with Gasteiger partial charge in [0.25, 0.3) is 5.56 Å². The van der Waals surface area contributed by atoms with E-state index in [1.807, 2.05) is 0 Å². The Morgan fingerprint density at radius 1 is 1.29 bits per heavy atom. The Morgan fingerprint density at radius 3 is 2.77 bits per heavy atom. The predicted molar refractivity (Wildman–Crippen MR) is 120 cm³/mol. The van der Waals surface area contributed by atoms with Crippen molar-refractivity contribution in [3.05, 3.63) is 47.0 Å². The number of aromatic nitrogens is 2. The van der Waals surface area contributed by atoms with Crippen LogP contribution < -0.4 is 10.3 Å². The van der Waals surface area contributed by atoms with Gasteiger partial charge in [0.1, 0.15) is 17.4 Å². The van der Waals surface area contributed by atoms with Crippen LogP contribution in [-0.4, -0.2) is 50.9 Å². The summed E-state index contributed by atoms with van der Waals surface area (Å²) in [5.74, 6) is 0.901. The minimum absolute atomic E-state index is 0.0267. The van der Waals surface area contributed by atoms with Crippen LogP contribution in [0.2, 0.25) is 0 Å². The molecule has 3 heterocycles. The molecule has 0 bridgehead atoms. The summed E-state index contributed by atoms with van der Waals surface area (Å²) in [5, 5.41) is 18.8. The van der Waals surface area contributed by atoms with E-state index in [4.69, 9.17) is 4.74 Å². The van der Waals surface area contributed by atoms with Crippen molar-refractivity contribution < 1.29 is 23.4 Å². The van der Waals surface area contributed by atoms with E-state index in [0.29, 0.717) is 40.0 Å². The normalized spacial score (nSPS) is 18.9. The second-order valence-corrected chi connectivity index (χ2v) is 11.2. The Kier molecular flexibility index (Phi) is 5.67. The molecule has 0 amide bonds. The summed E-state index contributed by atoms with van der Waals surface area (Å²) in [7, 11) is -1.84. The van der Waals surface area contributed by atoms with Crippen LogP contribution in [0.15, 0.2) is 46.3 Å². The van der Waals surface area contributed by atoms with Crippen molar-refractivity contribution in [2.45, 2.75) is 35.9 Å². The molecule has 2 aromatic heterocycles. The Labute approximate surface area is 183 Å². The first-order chi connectivity index (χ1) is 14.6. The summed E-state index contributed by atoms with van der Waals surface area (Å²) in [6, 6.07) is 6.42. The Balaban J connectivity index is 1.89. The number of nitrogens with zero attached hydrogens (tertiary/aromatic N) is 1.